The minimum atomic E-state index is 0.837. The van der Waals surface area contributed by atoms with Gasteiger partial charge < -0.3 is 5.32 Å². The van der Waals surface area contributed by atoms with Crippen LogP contribution in [-0.4, -0.2) is 12.6 Å². The Hall–Kier alpha value is -0.0400. The van der Waals surface area contributed by atoms with E-state index < -0.39 is 0 Å². The summed E-state index contributed by atoms with van der Waals surface area (Å²) in [6.07, 6.45) is 10.2. The first kappa shape index (κ1) is 11.4. The standard InChI is InChI=1S/C14H27N/c1-3-14(13-8-9-13)15-10-12-6-4-11(2)5-7-12/h11-15H,3-10H2,1-2H3. The highest BCUT2D eigenvalue weighted by Gasteiger charge is 2.30. The fourth-order valence-corrected chi connectivity index (χ4v) is 2.99. The molecule has 0 spiro atoms. The first-order valence-electron chi connectivity index (χ1n) is 7.03. The van der Waals surface area contributed by atoms with Crippen LogP contribution in [0, 0.1) is 17.8 Å². The van der Waals surface area contributed by atoms with Gasteiger partial charge in [0.2, 0.25) is 0 Å². The minimum Gasteiger partial charge on any atom is -0.313 e. The summed E-state index contributed by atoms with van der Waals surface area (Å²) >= 11 is 0. The Morgan fingerprint density at radius 2 is 1.73 bits per heavy atom. The lowest BCUT2D eigenvalue weighted by molar-refractivity contribution is 0.268. The molecular formula is C14H27N. The molecule has 0 amide bonds. The van der Waals surface area contributed by atoms with Gasteiger partial charge in [0.1, 0.15) is 0 Å². The van der Waals surface area contributed by atoms with Gasteiger partial charge in [0, 0.05) is 6.04 Å². The van der Waals surface area contributed by atoms with Crippen molar-refractivity contribution in [3.63, 3.8) is 0 Å². The van der Waals surface area contributed by atoms with Crippen LogP contribution in [-0.2, 0) is 0 Å². The highest BCUT2D eigenvalue weighted by atomic mass is 14.9. The van der Waals surface area contributed by atoms with Gasteiger partial charge in [-0.1, -0.05) is 26.7 Å². The van der Waals surface area contributed by atoms with Crippen LogP contribution >= 0.6 is 0 Å². The number of hydrogen-bond donors (Lipinski definition) is 1. The largest absolute Gasteiger partial charge is 0.313 e. The fraction of sp³-hybridized carbons (Fsp3) is 1.00. The zero-order valence-corrected chi connectivity index (χ0v) is 10.5. The Balaban J connectivity index is 1.63. The van der Waals surface area contributed by atoms with Crippen LogP contribution in [0.25, 0.3) is 0 Å². The highest BCUT2D eigenvalue weighted by Crippen LogP contribution is 2.34. The highest BCUT2D eigenvalue weighted by molar-refractivity contribution is 4.86. The third-order valence-electron chi connectivity index (χ3n) is 4.44. The van der Waals surface area contributed by atoms with E-state index in [1.54, 1.807) is 0 Å². The van der Waals surface area contributed by atoms with E-state index in [9.17, 15) is 0 Å². The van der Waals surface area contributed by atoms with Crippen molar-refractivity contribution in [1.29, 1.82) is 0 Å². The normalized spacial score (nSPS) is 34.0. The lowest BCUT2D eigenvalue weighted by Gasteiger charge is -2.28. The monoisotopic (exact) mass is 209 g/mol. The second kappa shape index (κ2) is 5.34. The molecule has 2 rings (SSSR count). The van der Waals surface area contributed by atoms with Crippen molar-refractivity contribution < 1.29 is 0 Å². The Kier molecular flexibility index (Phi) is 4.07. The van der Waals surface area contributed by atoms with Crippen molar-refractivity contribution in [3.8, 4) is 0 Å². The average Bonchev–Trinajstić information content (AvgIpc) is 3.06. The van der Waals surface area contributed by atoms with Crippen LogP contribution in [0.5, 0.6) is 0 Å². The van der Waals surface area contributed by atoms with Gasteiger partial charge in [-0.25, -0.2) is 0 Å². The van der Waals surface area contributed by atoms with Crippen LogP contribution in [0.15, 0.2) is 0 Å². The molecule has 15 heavy (non-hydrogen) atoms. The lowest BCUT2D eigenvalue weighted by atomic mass is 9.83. The van der Waals surface area contributed by atoms with Crippen LogP contribution in [0.3, 0.4) is 0 Å². The maximum atomic E-state index is 3.82. The molecule has 2 aliphatic carbocycles. The van der Waals surface area contributed by atoms with Crippen LogP contribution < -0.4 is 5.32 Å². The van der Waals surface area contributed by atoms with Crippen molar-refractivity contribution in [1.82, 2.24) is 5.32 Å². The van der Waals surface area contributed by atoms with E-state index in [-0.39, 0.29) is 0 Å². The summed E-state index contributed by atoms with van der Waals surface area (Å²) < 4.78 is 0. The van der Waals surface area contributed by atoms with Gasteiger partial charge in [0.05, 0.1) is 0 Å². The van der Waals surface area contributed by atoms with Gasteiger partial charge in [-0.2, -0.15) is 0 Å². The van der Waals surface area contributed by atoms with Crippen molar-refractivity contribution in [3.05, 3.63) is 0 Å². The van der Waals surface area contributed by atoms with E-state index >= 15 is 0 Å². The van der Waals surface area contributed by atoms with Gasteiger partial charge in [-0.3, -0.25) is 0 Å². The van der Waals surface area contributed by atoms with E-state index in [4.69, 9.17) is 0 Å². The summed E-state index contributed by atoms with van der Waals surface area (Å²) in [5.41, 5.74) is 0. The smallest absolute Gasteiger partial charge is 0.00928 e. The van der Waals surface area contributed by atoms with Crippen molar-refractivity contribution in [2.24, 2.45) is 17.8 Å². The molecule has 88 valence electrons. The summed E-state index contributed by atoms with van der Waals surface area (Å²) in [7, 11) is 0. The predicted octanol–water partition coefficient (Wildman–Crippen LogP) is 3.59. The Morgan fingerprint density at radius 3 is 2.27 bits per heavy atom. The van der Waals surface area contributed by atoms with Crippen molar-refractivity contribution >= 4 is 0 Å². The maximum Gasteiger partial charge on any atom is 0.00928 e. The molecule has 1 unspecified atom stereocenters. The number of rotatable bonds is 5. The third kappa shape index (κ3) is 3.48. The zero-order valence-electron chi connectivity index (χ0n) is 10.5. The molecule has 2 saturated carbocycles. The summed E-state index contributed by atoms with van der Waals surface area (Å²) in [5.74, 6) is 3.00. The molecule has 0 aromatic rings. The van der Waals surface area contributed by atoms with E-state index in [0.717, 1.165) is 23.8 Å². The number of nitrogens with one attached hydrogen (secondary N) is 1. The summed E-state index contributed by atoms with van der Waals surface area (Å²) in [5, 5.41) is 3.82. The fourth-order valence-electron chi connectivity index (χ4n) is 2.99. The average molecular weight is 209 g/mol. The molecule has 1 atom stereocenters. The molecule has 1 nitrogen and oxygen atoms in total. The maximum absolute atomic E-state index is 3.82. The molecule has 0 aromatic heterocycles. The van der Waals surface area contributed by atoms with E-state index in [0.29, 0.717) is 0 Å². The van der Waals surface area contributed by atoms with Gasteiger partial charge in [-0.15, -0.1) is 0 Å². The van der Waals surface area contributed by atoms with Gasteiger partial charge in [-0.05, 0) is 56.4 Å². The quantitative estimate of drug-likeness (QED) is 0.729. The van der Waals surface area contributed by atoms with Crippen LogP contribution in [0.2, 0.25) is 0 Å². The summed E-state index contributed by atoms with van der Waals surface area (Å²) in [6, 6.07) is 0.837. The molecule has 0 saturated heterocycles. The van der Waals surface area contributed by atoms with Gasteiger partial charge in [0.15, 0.2) is 0 Å². The first-order chi connectivity index (χ1) is 7.29. The van der Waals surface area contributed by atoms with E-state index in [1.807, 2.05) is 0 Å². The Bertz CT molecular complexity index is 178. The molecule has 2 fully saturated rings. The number of hydrogen-bond acceptors (Lipinski definition) is 1. The zero-order chi connectivity index (χ0) is 10.7. The topological polar surface area (TPSA) is 12.0 Å². The molecular weight excluding hydrogens is 182 g/mol. The molecule has 2 aliphatic rings. The Morgan fingerprint density at radius 1 is 1.07 bits per heavy atom. The lowest BCUT2D eigenvalue weighted by Crippen LogP contribution is -2.35. The molecule has 1 N–H and O–H groups in total. The molecule has 0 aliphatic heterocycles. The van der Waals surface area contributed by atoms with Crippen molar-refractivity contribution in [2.75, 3.05) is 6.54 Å². The molecule has 0 heterocycles. The van der Waals surface area contributed by atoms with Gasteiger partial charge >= 0.3 is 0 Å². The molecule has 0 bridgehead atoms. The minimum absolute atomic E-state index is 0.837. The second-order valence-corrected chi connectivity index (χ2v) is 5.89. The molecule has 1 heteroatoms. The van der Waals surface area contributed by atoms with Crippen molar-refractivity contribution in [2.45, 2.75) is 64.8 Å². The van der Waals surface area contributed by atoms with E-state index in [1.165, 1.54) is 51.5 Å². The van der Waals surface area contributed by atoms with Crippen LogP contribution in [0.4, 0.5) is 0 Å². The third-order valence-corrected chi connectivity index (χ3v) is 4.44. The predicted molar refractivity (Wildman–Crippen MR) is 65.9 cm³/mol. The van der Waals surface area contributed by atoms with Gasteiger partial charge in [0.25, 0.3) is 0 Å². The second-order valence-electron chi connectivity index (χ2n) is 5.89. The Labute approximate surface area is 95.0 Å². The van der Waals surface area contributed by atoms with Crippen LogP contribution in [0.1, 0.15) is 58.8 Å². The first-order valence-corrected chi connectivity index (χ1v) is 7.03. The SMILES string of the molecule is CCC(NCC1CCC(C)CC1)C1CC1. The van der Waals surface area contributed by atoms with E-state index in [2.05, 4.69) is 19.2 Å². The molecule has 0 aromatic carbocycles. The molecule has 0 radical (unpaired) electrons. The summed E-state index contributed by atoms with van der Waals surface area (Å²) in [4.78, 5) is 0. The summed E-state index contributed by atoms with van der Waals surface area (Å²) in [6.45, 7) is 6.03.